The van der Waals surface area contributed by atoms with Gasteiger partial charge in [0.15, 0.2) is 5.82 Å². The summed E-state index contributed by atoms with van der Waals surface area (Å²) >= 11 is 0. The third kappa shape index (κ3) is 2.31. The molecule has 4 rings (SSSR count). The molecule has 4 aromatic rings. The van der Waals surface area contributed by atoms with Gasteiger partial charge in [0.1, 0.15) is 6.33 Å². The minimum absolute atomic E-state index is 0.801. The van der Waals surface area contributed by atoms with Crippen molar-refractivity contribution in [2.75, 3.05) is 0 Å². The molecule has 0 bridgehead atoms. The van der Waals surface area contributed by atoms with Crippen molar-refractivity contribution in [2.24, 2.45) is 0 Å². The summed E-state index contributed by atoms with van der Waals surface area (Å²) in [5.41, 5.74) is 3.47. The zero-order valence-electron chi connectivity index (χ0n) is 11.9. The van der Waals surface area contributed by atoms with Gasteiger partial charge in [-0.2, -0.15) is 5.10 Å². The van der Waals surface area contributed by atoms with Crippen molar-refractivity contribution in [2.45, 2.75) is 0 Å². The summed E-state index contributed by atoms with van der Waals surface area (Å²) in [4.78, 5) is 4.40. The molecule has 106 valence electrons. The van der Waals surface area contributed by atoms with Crippen LogP contribution in [0.4, 0.5) is 0 Å². The molecule has 0 aliphatic rings. The Kier molecular flexibility index (Phi) is 3.05. The molecule has 0 saturated heterocycles. The van der Waals surface area contributed by atoms with Crippen LogP contribution in [0.1, 0.15) is 0 Å². The highest BCUT2D eigenvalue weighted by atomic mass is 15.3. The van der Waals surface area contributed by atoms with Crippen LogP contribution in [0.15, 0.2) is 85.6 Å². The lowest BCUT2D eigenvalue weighted by atomic mass is 10.1. The van der Waals surface area contributed by atoms with E-state index in [1.54, 1.807) is 17.2 Å². The molecule has 0 aliphatic heterocycles. The molecule has 0 aliphatic carbocycles. The molecule has 0 spiro atoms. The molecular formula is C18H14N4. The van der Waals surface area contributed by atoms with Gasteiger partial charge in [0.25, 0.3) is 0 Å². The fourth-order valence-electron chi connectivity index (χ4n) is 2.45. The predicted molar refractivity (Wildman–Crippen MR) is 86.1 cm³/mol. The lowest BCUT2D eigenvalue weighted by molar-refractivity contribution is 0.854. The second-order valence-corrected chi connectivity index (χ2v) is 5.01. The van der Waals surface area contributed by atoms with Gasteiger partial charge in [-0.3, -0.25) is 0 Å². The standard InChI is InChI=1S/C18H14N4/c1-2-6-15(7-3-1)16-8-4-9-17(12-16)21-13-18(19-14-21)22-11-5-10-20-22/h1-14H. The van der Waals surface area contributed by atoms with Crippen LogP contribution in [0.25, 0.3) is 22.6 Å². The fourth-order valence-corrected chi connectivity index (χ4v) is 2.45. The Bertz CT molecular complexity index is 876. The van der Waals surface area contributed by atoms with Gasteiger partial charge in [0.2, 0.25) is 0 Å². The second kappa shape index (κ2) is 5.33. The quantitative estimate of drug-likeness (QED) is 0.575. The van der Waals surface area contributed by atoms with E-state index in [0.717, 1.165) is 11.5 Å². The van der Waals surface area contributed by atoms with E-state index in [9.17, 15) is 0 Å². The van der Waals surface area contributed by atoms with E-state index in [1.165, 1.54) is 11.1 Å². The fraction of sp³-hybridized carbons (Fsp3) is 0. The van der Waals surface area contributed by atoms with E-state index in [0.29, 0.717) is 0 Å². The van der Waals surface area contributed by atoms with Crippen LogP contribution >= 0.6 is 0 Å². The average Bonchev–Trinajstić information content (AvgIpc) is 3.27. The summed E-state index contributed by atoms with van der Waals surface area (Å²) in [5.74, 6) is 0.801. The van der Waals surface area contributed by atoms with E-state index in [4.69, 9.17) is 0 Å². The third-order valence-corrected chi connectivity index (χ3v) is 3.56. The Morgan fingerprint density at radius 2 is 1.68 bits per heavy atom. The van der Waals surface area contributed by atoms with Crippen LogP contribution in [0.5, 0.6) is 0 Å². The van der Waals surface area contributed by atoms with Gasteiger partial charge in [-0.25, -0.2) is 9.67 Å². The normalized spacial score (nSPS) is 10.7. The van der Waals surface area contributed by atoms with Gasteiger partial charge in [-0.1, -0.05) is 42.5 Å². The van der Waals surface area contributed by atoms with E-state index >= 15 is 0 Å². The van der Waals surface area contributed by atoms with Crippen LogP contribution < -0.4 is 0 Å². The Morgan fingerprint density at radius 3 is 2.50 bits per heavy atom. The molecule has 0 fully saturated rings. The van der Waals surface area contributed by atoms with Crippen molar-refractivity contribution in [1.29, 1.82) is 0 Å². The first kappa shape index (κ1) is 12.6. The van der Waals surface area contributed by atoms with Crippen molar-refractivity contribution in [3.05, 3.63) is 85.6 Å². The van der Waals surface area contributed by atoms with Crippen LogP contribution in [0.3, 0.4) is 0 Å². The zero-order chi connectivity index (χ0) is 14.8. The Morgan fingerprint density at radius 1 is 0.818 bits per heavy atom. The van der Waals surface area contributed by atoms with Gasteiger partial charge in [0.05, 0.1) is 6.20 Å². The number of hydrogen-bond acceptors (Lipinski definition) is 2. The Balaban J connectivity index is 1.72. The third-order valence-electron chi connectivity index (χ3n) is 3.56. The maximum atomic E-state index is 4.40. The van der Waals surface area contributed by atoms with Gasteiger partial charge in [0, 0.05) is 18.1 Å². The van der Waals surface area contributed by atoms with Crippen molar-refractivity contribution in [3.8, 4) is 22.6 Å². The summed E-state index contributed by atoms with van der Waals surface area (Å²) in [5, 5.41) is 4.20. The first-order valence-corrected chi connectivity index (χ1v) is 7.10. The molecule has 0 radical (unpaired) electrons. The van der Waals surface area contributed by atoms with Crippen molar-refractivity contribution < 1.29 is 0 Å². The highest BCUT2D eigenvalue weighted by Gasteiger charge is 2.04. The van der Waals surface area contributed by atoms with E-state index in [-0.39, 0.29) is 0 Å². The minimum Gasteiger partial charge on any atom is -0.304 e. The maximum absolute atomic E-state index is 4.40. The summed E-state index contributed by atoms with van der Waals surface area (Å²) in [6.07, 6.45) is 7.40. The molecular weight excluding hydrogens is 272 g/mol. The summed E-state index contributed by atoms with van der Waals surface area (Å²) in [7, 11) is 0. The summed E-state index contributed by atoms with van der Waals surface area (Å²) in [6.45, 7) is 0. The Labute approximate surface area is 128 Å². The van der Waals surface area contributed by atoms with Gasteiger partial charge >= 0.3 is 0 Å². The van der Waals surface area contributed by atoms with Crippen molar-refractivity contribution in [3.63, 3.8) is 0 Å². The second-order valence-electron chi connectivity index (χ2n) is 5.01. The molecule has 0 amide bonds. The van der Waals surface area contributed by atoms with Crippen LogP contribution in [-0.2, 0) is 0 Å². The predicted octanol–water partition coefficient (Wildman–Crippen LogP) is 3.73. The van der Waals surface area contributed by atoms with Gasteiger partial charge in [-0.15, -0.1) is 0 Å². The molecule has 4 heteroatoms. The molecule has 4 nitrogen and oxygen atoms in total. The molecule has 2 heterocycles. The number of rotatable bonds is 3. The first-order valence-electron chi connectivity index (χ1n) is 7.10. The summed E-state index contributed by atoms with van der Waals surface area (Å²) < 4.78 is 3.75. The highest BCUT2D eigenvalue weighted by Crippen LogP contribution is 2.22. The molecule has 2 aromatic carbocycles. The average molecular weight is 286 g/mol. The van der Waals surface area contributed by atoms with Crippen LogP contribution in [0, 0.1) is 0 Å². The lowest BCUT2D eigenvalue weighted by Gasteiger charge is -2.06. The first-order chi connectivity index (χ1) is 10.9. The SMILES string of the molecule is c1ccc(-c2cccc(-n3cnc(-n4cccn4)c3)c2)cc1. The van der Waals surface area contributed by atoms with Gasteiger partial charge in [-0.05, 0) is 29.3 Å². The molecule has 0 N–H and O–H groups in total. The molecule has 2 aromatic heterocycles. The molecule has 0 unspecified atom stereocenters. The van der Waals surface area contributed by atoms with Crippen molar-refractivity contribution >= 4 is 0 Å². The van der Waals surface area contributed by atoms with E-state index < -0.39 is 0 Å². The topological polar surface area (TPSA) is 35.6 Å². The maximum Gasteiger partial charge on any atom is 0.171 e. The molecule has 0 saturated carbocycles. The summed E-state index contributed by atoms with van der Waals surface area (Å²) in [6, 6.07) is 20.6. The minimum atomic E-state index is 0.801. The van der Waals surface area contributed by atoms with Gasteiger partial charge < -0.3 is 4.57 Å². The molecule has 22 heavy (non-hydrogen) atoms. The molecule has 0 atom stereocenters. The highest BCUT2D eigenvalue weighted by molar-refractivity contribution is 5.65. The zero-order valence-corrected chi connectivity index (χ0v) is 11.9. The number of hydrogen-bond donors (Lipinski definition) is 0. The number of nitrogens with zero attached hydrogens (tertiary/aromatic N) is 4. The van der Waals surface area contributed by atoms with Crippen LogP contribution in [0.2, 0.25) is 0 Å². The smallest absolute Gasteiger partial charge is 0.171 e. The van der Waals surface area contributed by atoms with Crippen LogP contribution in [-0.4, -0.2) is 19.3 Å². The monoisotopic (exact) mass is 286 g/mol. The number of benzene rings is 2. The van der Waals surface area contributed by atoms with Crippen molar-refractivity contribution in [1.82, 2.24) is 19.3 Å². The van der Waals surface area contributed by atoms with E-state index in [2.05, 4.69) is 58.6 Å². The van der Waals surface area contributed by atoms with E-state index in [1.807, 2.05) is 29.1 Å². The lowest BCUT2D eigenvalue weighted by Crippen LogP contribution is -1.94. The number of imidazole rings is 1. The number of aromatic nitrogens is 4. The Hall–Kier alpha value is -3.14. The largest absolute Gasteiger partial charge is 0.304 e.